The summed E-state index contributed by atoms with van der Waals surface area (Å²) in [6, 6.07) is 14.7. The number of aliphatic hydroxyl groups excluding tert-OH is 2. The number of para-hydroxylation sites is 1. The monoisotopic (exact) mass is 544 g/mol. The van der Waals surface area contributed by atoms with Crippen molar-refractivity contribution >= 4 is 22.9 Å². The van der Waals surface area contributed by atoms with Crippen LogP contribution in [0.4, 0.5) is 19.0 Å². The van der Waals surface area contributed by atoms with Crippen LogP contribution in [-0.4, -0.2) is 67.4 Å². The maximum Gasteiger partial charge on any atom is 0.573 e. The minimum absolute atomic E-state index is 0.0524. The third-order valence-electron chi connectivity index (χ3n) is 6.10. The molecule has 39 heavy (non-hydrogen) atoms. The molecule has 11 nitrogen and oxygen atoms in total. The summed E-state index contributed by atoms with van der Waals surface area (Å²) >= 11 is 0. The zero-order valence-electron chi connectivity index (χ0n) is 20.3. The van der Waals surface area contributed by atoms with Gasteiger partial charge in [0.05, 0.1) is 11.9 Å². The van der Waals surface area contributed by atoms with Crippen LogP contribution in [0.5, 0.6) is 5.75 Å². The van der Waals surface area contributed by atoms with Crippen molar-refractivity contribution in [2.75, 3.05) is 12.4 Å². The van der Waals surface area contributed by atoms with Crippen molar-refractivity contribution in [2.24, 2.45) is 0 Å². The standard InChI is InChI=1S/C25H23F3N6O5/c1-29-23(37)19-17(35)18(36)24(38-19)34-12-31-16-21(30-11-13-7-3-2-4-8-13)32-20(33-22(16)34)14-9-5-6-10-15(14)39-25(26,27)28/h2-10,12,17-19,24,35-36H,11H2,1H3,(H,29,37)(H,30,32,33)/t17-,18-,19-,24-/m0/s1. The van der Waals surface area contributed by atoms with Crippen LogP contribution in [0.1, 0.15) is 11.8 Å². The molecule has 204 valence electrons. The zero-order valence-corrected chi connectivity index (χ0v) is 20.3. The Morgan fingerprint density at radius 3 is 2.51 bits per heavy atom. The van der Waals surface area contributed by atoms with E-state index in [4.69, 9.17) is 4.74 Å². The Morgan fingerprint density at radius 1 is 1.08 bits per heavy atom. The summed E-state index contributed by atoms with van der Waals surface area (Å²) in [5.41, 5.74) is 1.14. The van der Waals surface area contributed by atoms with Crippen LogP contribution >= 0.6 is 0 Å². The average Bonchev–Trinajstić information content (AvgIpc) is 3.47. The summed E-state index contributed by atoms with van der Waals surface area (Å²) in [7, 11) is 1.36. The molecule has 0 radical (unpaired) electrons. The van der Waals surface area contributed by atoms with Crippen molar-refractivity contribution in [1.82, 2.24) is 24.8 Å². The van der Waals surface area contributed by atoms with Gasteiger partial charge in [-0.1, -0.05) is 42.5 Å². The summed E-state index contributed by atoms with van der Waals surface area (Å²) in [4.78, 5) is 25.4. The van der Waals surface area contributed by atoms with Gasteiger partial charge in [0.2, 0.25) is 0 Å². The number of anilines is 1. The number of halogens is 3. The molecule has 1 aliphatic heterocycles. The van der Waals surface area contributed by atoms with Gasteiger partial charge in [0, 0.05) is 13.6 Å². The molecule has 0 spiro atoms. The second-order valence-corrected chi connectivity index (χ2v) is 8.65. The lowest BCUT2D eigenvalue weighted by atomic mass is 10.1. The van der Waals surface area contributed by atoms with Gasteiger partial charge in [-0.2, -0.15) is 0 Å². The van der Waals surface area contributed by atoms with Crippen molar-refractivity contribution in [1.29, 1.82) is 0 Å². The molecule has 3 heterocycles. The Hall–Kier alpha value is -4.27. The van der Waals surface area contributed by atoms with Gasteiger partial charge in [0.15, 0.2) is 35.1 Å². The number of aliphatic hydroxyl groups is 2. The lowest BCUT2D eigenvalue weighted by Gasteiger charge is -2.17. The third kappa shape index (κ3) is 5.34. The van der Waals surface area contributed by atoms with E-state index in [9.17, 15) is 28.2 Å². The van der Waals surface area contributed by atoms with E-state index < -0.39 is 42.6 Å². The molecule has 1 saturated heterocycles. The molecule has 0 aliphatic carbocycles. The predicted octanol–water partition coefficient (Wildman–Crippen LogP) is 2.37. The van der Waals surface area contributed by atoms with Crippen molar-refractivity contribution in [3.8, 4) is 17.1 Å². The minimum Gasteiger partial charge on any atom is -0.405 e. The Morgan fingerprint density at radius 2 is 1.79 bits per heavy atom. The molecular weight excluding hydrogens is 521 g/mol. The van der Waals surface area contributed by atoms with Gasteiger partial charge in [0.1, 0.15) is 18.0 Å². The van der Waals surface area contributed by atoms with Gasteiger partial charge in [-0.25, -0.2) is 15.0 Å². The Bertz CT molecular complexity index is 1480. The number of nitrogens with one attached hydrogen (secondary N) is 2. The van der Waals surface area contributed by atoms with Crippen LogP contribution in [0.3, 0.4) is 0 Å². The van der Waals surface area contributed by atoms with E-state index in [1.54, 1.807) is 0 Å². The lowest BCUT2D eigenvalue weighted by Crippen LogP contribution is -2.41. The summed E-state index contributed by atoms with van der Waals surface area (Å²) < 4.78 is 50.5. The van der Waals surface area contributed by atoms with Gasteiger partial charge >= 0.3 is 6.36 Å². The second kappa shape index (κ2) is 10.5. The molecule has 0 bridgehead atoms. The molecule has 1 aliphatic rings. The van der Waals surface area contributed by atoms with E-state index in [-0.39, 0.29) is 28.4 Å². The third-order valence-corrected chi connectivity index (χ3v) is 6.10. The number of carbonyl (C=O) groups excluding carboxylic acids is 1. The van der Waals surface area contributed by atoms with Crippen molar-refractivity contribution < 1.29 is 37.7 Å². The number of aromatic nitrogens is 4. The van der Waals surface area contributed by atoms with Crippen LogP contribution in [0.25, 0.3) is 22.6 Å². The van der Waals surface area contributed by atoms with Gasteiger partial charge in [-0.15, -0.1) is 13.2 Å². The number of benzene rings is 2. The molecule has 5 rings (SSSR count). The van der Waals surface area contributed by atoms with Gasteiger partial charge in [-0.05, 0) is 17.7 Å². The van der Waals surface area contributed by atoms with Crippen molar-refractivity contribution in [3.05, 3.63) is 66.5 Å². The number of fused-ring (bicyclic) bond motifs is 1. The fourth-order valence-corrected chi connectivity index (χ4v) is 4.24. The number of hydrogen-bond acceptors (Lipinski definition) is 9. The first-order valence-electron chi connectivity index (χ1n) is 11.8. The molecule has 0 unspecified atom stereocenters. The topological polar surface area (TPSA) is 144 Å². The smallest absolute Gasteiger partial charge is 0.405 e. The molecule has 4 N–H and O–H groups in total. The first-order valence-corrected chi connectivity index (χ1v) is 11.8. The van der Waals surface area contributed by atoms with Gasteiger partial charge < -0.3 is 30.3 Å². The van der Waals surface area contributed by atoms with Crippen LogP contribution in [0.15, 0.2) is 60.9 Å². The largest absolute Gasteiger partial charge is 0.573 e. The Kier molecular flexibility index (Phi) is 7.08. The summed E-state index contributed by atoms with van der Waals surface area (Å²) in [5, 5.41) is 26.6. The summed E-state index contributed by atoms with van der Waals surface area (Å²) in [6.07, 6.45) is -9.41. The first-order chi connectivity index (χ1) is 18.7. The fourth-order valence-electron chi connectivity index (χ4n) is 4.24. The number of alkyl halides is 3. The maximum absolute atomic E-state index is 13.1. The number of hydrogen-bond donors (Lipinski definition) is 4. The minimum atomic E-state index is -4.96. The molecule has 1 fully saturated rings. The van der Waals surface area contributed by atoms with Crippen molar-refractivity contribution in [3.63, 3.8) is 0 Å². The molecule has 0 saturated carbocycles. The predicted molar refractivity (Wildman–Crippen MR) is 131 cm³/mol. The highest BCUT2D eigenvalue weighted by Crippen LogP contribution is 2.36. The van der Waals surface area contributed by atoms with Crippen LogP contribution < -0.4 is 15.4 Å². The molecule has 1 amide bonds. The van der Waals surface area contributed by atoms with E-state index in [1.807, 2.05) is 30.3 Å². The highest BCUT2D eigenvalue weighted by atomic mass is 19.4. The van der Waals surface area contributed by atoms with E-state index in [2.05, 4.69) is 30.3 Å². The van der Waals surface area contributed by atoms with Crippen LogP contribution in [0.2, 0.25) is 0 Å². The summed E-state index contributed by atoms with van der Waals surface area (Å²) in [5.74, 6) is -1.10. The number of nitrogens with zero attached hydrogens (tertiary/aromatic N) is 4. The number of carbonyl (C=O) groups is 1. The Labute approximate surface area is 219 Å². The summed E-state index contributed by atoms with van der Waals surface area (Å²) in [6.45, 7) is 0.306. The van der Waals surface area contributed by atoms with Crippen LogP contribution in [-0.2, 0) is 16.1 Å². The normalized spacial score (nSPS) is 21.2. The molecule has 14 heteroatoms. The van der Waals surface area contributed by atoms with Crippen molar-refractivity contribution in [2.45, 2.75) is 37.4 Å². The van der Waals surface area contributed by atoms with Gasteiger partial charge in [0.25, 0.3) is 5.91 Å². The maximum atomic E-state index is 13.1. The number of ether oxygens (including phenoxy) is 2. The van der Waals surface area contributed by atoms with Gasteiger partial charge in [-0.3, -0.25) is 9.36 Å². The molecule has 4 atom stereocenters. The first kappa shape index (κ1) is 26.3. The van der Waals surface area contributed by atoms with E-state index in [0.29, 0.717) is 6.54 Å². The zero-order chi connectivity index (χ0) is 27.7. The number of amides is 1. The Balaban J connectivity index is 1.62. The quantitative estimate of drug-likeness (QED) is 0.276. The molecule has 2 aromatic carbocycles. The SMILES string of the molecule is CNC(=O)[C@H]1O[C@H](n2cnc3c(NCc4ccccc4)nc(-c4ccccc4OC(F)(F)F)nc32)[C@@H](O)[C@@H]1O. The molecular formula is C25H23F3N6O5. The van der Waals surface area contributed by atoms with E-state index in [1.165, 1.54) is 36.1 Å². The molecule has 4 aromatic rings. The number of rotatable bonds is 7. The highest BCUT2D eigenvalue weighted by Gasteiger charge is 2.47. The second-order valence-electron chi connectivity index (χ2n) is 8.65. The fraction of sp³-hybridized carbons (Fsp3) is 0.280. The number of likely N-dealkylation sites (N-methyl/N-ethyl adjacent to an activating group) is 1. The lowest BCUT2D eigenvalue weighted by molar-refractivity contribution is -0.274. The van der Waals surface area contributed by atoms with E-state index >= 15 is 0 Å². The highest BCUT2D eigenvalue weighted by molar-refractivity contribution is 5.86. The van der Waals surface area contributed by atoms with Crippen LogP contribution in [0, 0.1) is 0 Å². The van der Waals surface area contributed by atoms with E-state index in [0.717, 1.165) is 11.6 Å². The molecule has 2 aromatic heterocycles. The average molecular weight is 544 g/mol. The number of imidazole rings is 1.